The van der Waals surface area contributed by atoms with Crippen LogP contribution in [0.1, 0.15) is 22.8 Å². The third kappa shape index (κ3) is 1.82. The van der Waals surface area contributed by atoms with Gasteiger partial charge in [0.15, 0.2) is 5.78 Å². The lowest BCUT2D eigenvalue weighted by Crippen LogP contribution is -2.02. The molecule has 2 rings (SSSR count). The molecule has 0 aliphatic heterocycles. The van der Waals surface area contributed by atoms with E-state index in [0.29, 0.717) is 11.3 Å². The molecule has 0 spiro atoms. The zero-order chi connectivity index (χ0) is 11.7. The Morgan fingerprint density at radius 3 is 2.69 bits per heavy atom. The van der Waals surface area contributed by atoms with E-state index in [1.165, 1.54) is 6.92 Å². The Labute approximate surface area is 93.7 Å². The fourth-order valence-electron chi connectivity index (χ4n) is 1.57. The minimum absolute atomic E-state index is 0.0271. The first-order valence-electron chi connectivity index (χ1n) is 5.00. The van der Waals surface area contributed by atoms with Gasteiger partial charge in [-0.25, -0.2) is 4.68 Å². The molecule has 2 N–H and O–H groups in total. The molecule has 0 saturated carbocycles. The van der Waals surface area contributed by atoms with Gasteiger partial charge in [0.05, 0.1) is 11.9 Å². The minimum Gasteiger partial charge on any atom is -0.398 e. The summed E-state index contributed by atoms with van der Waals surface area (Å²) in [6.45, 7) is 3.47. The van der Waals surface area contributed by atoms with Crippen LogP contribution in [0.3, 0.4) is 0 Å². The summed E-state index contributed by atoms with van der Waals surface area (Å²) in [4.78, 5) is 11.2. The van der Waals surface area contributed by atoms with E-state index in [9.17, 15) is 4.79 Å². The number of rotatable bonds is 2. The molecule has 0 saturated heterocycles. The molecular formula is C12H13N3O. The lowest BCUT2D eigenvalue weighted by Gasteiger charge is -2.05. The van der Waals surface area contributed by atoms with Gasteiger partial charge >= 0.3 is 0 Å². The molecule has 82 valence electrons. The van der Waals surface area contributed by atoms with Crippen LogP contribution in [0.5, 0.6) is 0 Å². The number of nitrogens with zero attached hydrogens (tertiary/aromatic N) is 2. The maximum Gasteiger partial charge on any atom is 0.161 e. The molecule has 4 heteroatoms. The maximum absolute atomic E-state index is 11.2. The van der Waals surface area contributed by atoms with E-state index in [1.54, 1.807) is 23.0 Å². The molecule has 1 aromatic heterocycles. The summed E-state index contributed by atoms with van der Waals surface area (Å²) in [5.41, 5.74) is 8.77. The van der Waals surface area contributed by atoms with Gasteiger partial charge in [-0.2, -0.15) is 5.10 Å². The van der Waals surface area contributed by atoms with E-state index in [2.05, 4.69) is 5.10 Å². The molecule has 4 nitrogen and oxygen atoms in total. The van der Waals surface area contributed by atoms with Crippen molar-refractivity contribution in [1.29, 1.82) is 0 Å². The maximum atomic E-state index is 11.2. The summed E-state index contributed by atoms with van der Waals surface area (Å²) < 4.78 is 1.73. The number of hydrogen-bond donors (Lipinski definition) is 1. The molecular weight excluding hydrogens is 202 g/mol. The van der Waals surface area contributed by atoms with Gasteiger partial charge in [0.2, 0.25) is 0 Å². The van der Waals surface area contributed by atoms with Crippen LogP contribution in [0.4, 0.5) is 5.69 Å². The predicted molar refractivity (Wildman–Crippen MR) is 62.7 cm³/mol. The Balaban J connectivity index is 2.45. The molecule has 2 aromatic rings. The van der Waals surface area contributed by atoms with Gasteiger partial charge in [0.25, 0.3) is 0 Å². The summed E-state index contributed by atoms with van der Waals surface area (Å²) in [6.07, 6.45) is 3.68. The number of carbonyl (C=O) groups is 1. The monoisotopic (exact) mass is 215 g/mol. The van der Waals surface area contributed by atoms with Crippen molar-refractivity contribution < 1.29 is 4.79 Å². The van der Waals surface area contributed by atoms with Crippen molar-refractivity contribution in [3.8, 4) is 5.69 Å². The van der Waals surface area contributed by atoms with Crippen LogP contribution in [0, 0.1) is 6.92 Å². The quantitative estimate of drug-likeness (QED) is 0.615. The standard InChI is InChI=1S/C12H13N3O/c1-8-6-14-15(7-8)10-3-4-11(9(2)16)12(13)5-10/h3-7H,13H2,1-2H3. The molecule has 1 heterocycles. The van der Waals surface area contributed by atoms with Crippen LogP contribution in [-0.4, -0.2) is 15.6 Å². The zero-order valence-electron chi connectivity index (χ0n) is 9.27. The Morgan fingerprint density at radius 2 is 2.19 bits per heavy atom. The van der Waals surface area contributed by atoms with Crippen LogP contribution >= 0.6 is 0 Å². The number of Topliss-reactive ketones (excluding diaryl/α,β-unsaturated/α-hetero) is 1. The first-order chi connectivity index (χ1) is 7.58. The summed E-state index contributed by atoms with van der Waals surface area (Å²) in [6, 6.07) is 5.31. The van der Waals surface area contributed by atoms with Crippen molar-refractivity contribution >= 4 is 11.5 Å². The van der Waals surface area contributed by atoms with E-state index in [1.807, 2.05) is 19.2 Å². The number of carbonyl (C=O) groups excluding carboxylic acids is 1. The minimum atomic E-state index is -0.0271. The highest BCUT2D eigenvalue weighted by atomic mass is 16.1. The lowest BCUT2D eigenvalue weighted by molar-refractivity contribution is 0.101. The van der Waals surface area contributed by atoms with Gasteiger partial charge in [-0.05, 0) is 37.6 Å². The van der Waals surface area contributed by atoms with Crippen LogP contribution in [0.2, 0.25) is 0 Å². The molecule has 0 fully saturated rings. The van der Waals surface area contributed by atoms with Crippen LogP contribution in [0.25, 0.3) is 5.69 Å². The van der Waals surface area contributed by atoms with Crippen molar-refractivity contribution in [2.45, 2.75) is 13.8 Å². The summed E-state index contributed by atoms with van der Waals surface area (Å²) >= 11 is 0. The molecule has 0 atom stereocenters. The van der Waals surface area contributed by atoms with Gasteiger partial charge in [0.1, 0.15) is 0 Å². The second kappa shape index (κ2) is 3.81. The lowest BCUT2D eigenvalue weighted by atomic mass is 10.1. The summed E-state index contributed by atoms with van der Waals surface area (Å²) in [7, 11) is 0. The summed E-state index contributed by atoms with van der Waals surface area (Å²) in [5, 5.41) is 4.18. The number of aryl methyl sites for hydroxylation is 1. The highest BCUT2D eigenvalue weighted by molar-refractivity contribution is 5.99. The van der Waals surface area contributed by atoms with Gasteiger partial charge in [-0.15, -0.1) is 0 Å². The van der Waals surface area contributed by atoms with E-state index in [4.69, 9.17) is 5.73 Å². The number of anilines is 1. The average Bonchev–Trinajstić information content (AvgIpc) is 2.64. The van der Waals surface area contributed by atoms with Crippen LogP contribution < -0.4 is 5.73 Å². The van der Waals surface area contributed by atoms with Crippen molar-refractivity contribution in [2.24, 2.45) is 0 Å². The van der Waals surface area contributed by atoms with Crippen molar-refractivity contribution in [1.82, 2.24) is 9.78 Å². The third-order valence-corrected chi connectivity index (χ3v) is 2.39. The number of nitrogens with two attached hydrogens (primary N) is 1. The summed E-state index contributed by atoms with van der Waals surface area (Å²) in [5.74, 6) is -0.0271. The van der Waals surface area contributed by atoms with Gasteiger partial charge in [-0.1, -0.05) is 0 Å². The highest BCUT2D eigenvalue weighted by Gasteiger charge is 2.06. The number of ketones is 1. The van der Waals surface area contributed by atoms with Crippen molar-refractivity contribution in [3.05, 3.63) is 41.7 Å². The number of benzene rings is 1. The van der Waals surface area contributed by atoms with Crippen LogP contribution in [-0.2, 0) is 0 Å². The van der Waals surface area contributed by atoms with Gasteiger partial charge in [0, 0.05) is 17.4 Å². The van der Waals surface area contributed by atoms with E-state index in [0.717, 1.165) is 11.3 Å². The molecule has 0 unspecified atom stereocenters. The largest absolute Gasteiger partial charge is 0.398 e. The van der Waals surface area contributed by atoms with Crippen LogP contribution in [0.15, 0.2) is 30.6 Å². The topological polar surface area (TPSA) is 60.9 Å². The van der Waals surface area contributed by atoms with Gasteiger partial charge < -0.3 is 5.73 Å². The average molecular weight is 215 g/mol. The second-order valence-electron chi connectivity index (χ2n) is 3.79. The zero-order valence-corrected chi connectivity index (χ0v) is 9.27. The normalized spacial score (nSPS) is 10.4. The fraction of sp³-hybridized carbons (Fsp3) is 0.167. The first kappa shape index (κ1) is 10.4. The highest BCUT2D eigenvalue weighted by Crippen LogP contribution is 2.17. The molecule has 0 bridgehead atoms. The Hall–Kier alpha value is -2.10. The predicted octanol–water partition coefficient (Wildman–Crippen LogP) is 1.97. The molecule has 0 aliphatic carbocycles. The van der Waals surface area contributed by atoms with Crippen molar-refractivity contribution in [2.75, 3.05) is 5.73 Å². The molecule has 0 aliphatic rings. The Kier molecular flexibility index (Phi) is 2.48. The van der Waals surface area contributed by atoms with Gasteiger partial charge in [-0.3, -0.25) is 4.79 Å². The Morgan fingerprint density at radius 1 is 1.44 bits per heavy atom. The van der Waals surface area contributed by atoms with E-state index in [-0.39, 0.29) is 5.78 Å². The molecule has 0 amide bonds. The molecule has 1 aromatic carbocycles. The van der Waals surface area contributed by atoms with E-state index < -0.39 is 0 Å². The Bertz CT molecular complexity index is 543. The van der Waals surface area contributed by atoms with E-state index >= 15 is 0 Å². The smallest absolute Gasteiger partial charge is 0.161 e. The third-order valence-electron chi connectivity index (χ3n) is 2.39. The molecule has 0 radical (unpaired) electrons. The first-order valence-corrected chi connectivity index (χ1v) is 5.00. The SMILES string of the molecule is CC(=O)c1ccc(-n2cc(C)cn2)cc1N. The molecule has 16 heavy (non-hydrogen) atoms. The number of nitrogen functional groups attached to an aromatic ring is 1. The fourth-order valence-corrected chi connectivity index (χ4v) is 1.57. The van der Waals surface area contributed by atoms with Crippen molar-refractivity contribution in [3.63, 3.8) is 0 Å². The number of aromatic nitrogens is 2. The second-order valence-corrected chi connectivity index (χ2v) is 3.79. The number of hydrogen-bond acceptors (Lipinski definition) is 3.